The van der Waals surface area contributed by atoms with E-state index in [4.69, 9.17) is 5.26 Å². The van der Waals surface area contributed by atoms with E-state index in [0.29, 0.717) is 11.1 Å². The second-order valence-corrected chi connectivity index (χ2v) is 3.10. The second kappa shape index (κ2) is 4.43. The molecule has 1 aromatic rings. The van der Waals surface area contributed by atoms with Crippen LogP contribution in [0.1, 0.15) is 5.56 Å². The first kappa shape index (κ1) is 10.3. The number of benzene rings is 1. The first-order chi connectivity index (χ1) is 6.65. The summed E-state index contributed by atoms with van der Waals surface area (Å²) in [4.78, 5) is 1.71. The zero-order chi connectivity index (χ0) is 10.6. The molecule has 0 aromatic heterocycles. The summed E-state index contributed by atoms with van der Waals surface area (Å²) in [5.41, 5.74) is 0.664. The normalized spacial score (nSPS) is 10.9. The fourth-order valence-electron chi connectivity index (χ4n) is 1.10. The topological polar surface area (TPSA) is 27.0 Å². The van der Waals surface area contributed by atoms with E-state index in [-0.39, 0.29) is 5.82 Å². The minimum absolute atomic E-state index is 0.327. The Labute approximate surface area is 82.9 Å². The predicted octanol–water partition coefficient (Wildman–Crippen LogP) is 2.25. The number of allylic oxidation sites excluding steroid dienone is 1. The van der Waals surface area contributed by atoms with Gasteiger partial charge < -0.3 is 4.90 Å². The van der Waals surface area contributed by atoms with Crippen LogP contribution in [0.4, 0.5) is 4.39 Å². The first-order valence-electron chi connectivity index (χ1n) is 4.18. The van der Waals surface area contributed by atoms with Crippen LogP contribution in [0.2, 0.25) is 0 Å². The molecular weight excluding hydrogens is 179 g/mol. The van der Waals surface area contributed by atoms with Crippen LogP contribution in [-0.2, 0) is 0 Å². The molecule has 0 aliphatic rings. The molecular formula is C11H11FN2. The van der Waals surface area contributed by atoms with Crippen LogP contribution in [0.25, 0.3) is 5.57 Å². The monoisotopic (exact) mass is 190 g/mol. The van der Waals surface area contributed by atoms with Crippen LogP contribution in [0.3, 0.4) is 0 Å². The highest BCUT2D eigenvalue weighted by Crippen LogP contribution is 2.17. The maximum absolute atomic E-state index is 13.3. The Morgan fingerprint density at radius 2 is 2.07 bits per heavy atom. The Hall–Kier alpha value is -1.82. The Balaban J connectivity index is 3.16. The highest BCUT2D eigenvalue weighted by Gasteiger charge is 2.06. The van der Waals surface area contributed by atoms with Gasteiger partial charge in [-0.25, -0.2) is 4.39 Å². The fraction of sp³-hybridized carbons (Fsp3) is 0.182. The van der Waals surface area contributed by atoms with Crippen molar-refractivity contribution in [3.63, 3.8) is 0 Å². The van der Waals surface area contributed by atoms with Crippen molar-refractivity contribution in [3.05, 3.63) is 41.8 Å². The van der Waals surface area contributed by atoms with Gasteiger partial charge >= 0.3 is 0 Å². The van der Waals surface area contributed by atoms with Gasteiger partial charge in [0.15, 0.2) is 0 Å². The number of nitriles is 1. The molecule has 0 N–H and O–H groups in total. The molecule has 0 aliphatic carbocycles. The zero-order valence-corrected chi connectivity index (χ0v) is 8.16. The molecule has 1 rings (SSSR count). The van der Waals surface area contributed by atoms with Gasteiger partial charge in [-0.15, -0.1) is 0 Å². The van der Waals surface area contributed by atoms with Crippen molar-refractivity contribution in [2.45, 2.75) is 0 Å². The van der Waals surface area contributed by atoms with Gasteiger partial charge in [0.2, 0.25) is 0 Å². The quantitative estimate of drug-likeness (QED) is 0.669. The van der Waals surface area contributed by atoms with E-state index in [9.17, 15) is 4.39 Å². The van der Waals surface area contributed by atoms with Gasteiger partial charge in [0, 0.05) is 25.9 Å². The average molecular weight is 190 g/mol. The molecule has 14 heavy (non-hydrogen) atoms. The molecule has 0 unspecified atom stereocenters. The third-order valence-electron chi connectivity index (χ3n) is 1.67. The molecule has 0 amide bonds. The van der Waals surface area contributed by atoms with Crippen LogP contribution in [0, 0.1) is 17.1 Å². The molecule has 0 spiro atoms. The predicted molar refractivity (Wildman–Crippen MR) is 53.7 cm³/mol. The molecule has 2 nitrogen and oxygen atoms in total. The third-order valence-corrected chi connectivity index (χ3v) is 1.67. The van der Waals surface area contributed by atoms with Gasteiger partial charge in [-0.2, -0.15) is 5.26 Å². The lowest BCUT2D eigenvalue weighted by molar-refractivity contribution is 0.565. The largest absolute Gasteiger partial charge is 0.382 e. The van der Waals surface area contributed by atoms with Crippen LogP contribution in [0.15, 0.2) is 30.5 Å². The number of hydrogen-bond acceptors (Lipinski definition) is 2. The number of hydrogen-bond donors (Lipinski definition) is 0. The molecule has 0 aliphatic heterocycles. The molecule has 0 saturated heterocycles. The van der Waals surface area contributed by atoms with Gasteiger partial charge in [-0.1, -0.05) is 18.2 Å². The Kier molecular flexibility index (Phi) is 3.24. The summed E-state index contributed by atoms with van der Waals surface area (Å²) in [6.07, 6.45) is 1.60. The summed E-state index contributed by atoms with van der Waals surface area (Å²) in [6, 6.07) is 8.21. The van der Waals surface area contributed by atoms with E-state index in [1.807, 2.05) is 6.07 Å². The van der Waals surface area contributed by atoms with Crippen molar-refractivity contribution in [3.8, 4) is 6.07 Å². The summed E-state index contributed by atoms with van der Waals surface area (Å²) in [5.74, 6) is -0.373. The van der Waals surface area contributed by atoms with Gasteiger partial charge in [-0.05, 0) is 6.07 Å². The lowest BCUT2D eigenvalue weighted by Crippen LogP contribution is -2.02. The molecule has 0 atom stereocenters. The lowest BCUT2D eigenvalue weighted by Gasteiger charge is -2.06. The third kappa shape index (κ3) is 2.33. The van der Waals surface area contributed by atoms with Crippen molar-refractivity contribution in [2.75, 3.05) is 14.1 Å². The van der Waals surface area contributed by atoms with Crippen LogP contribution >= 0.6 is 0 Å². The maximum atomic E-state index is 13.3. The molecule has 3 heteroatoms. The Morgan fingerprint density at radius 1 is 1.43 bits per heavy atom. The van der Waals surface area contributed by atoms with Gasteiger partial charge in [-0.3, -0.25) is 0 Å². The van der Waals surface area contributed by atoms with Crippen molar-refractivity contribution >= 4 is 5.57 Å². The fourth-order valence-corrected chi connectivity index (χ4v) is 1.10. The van der Waals surface area contributed by atoms with E-state index < -0.39 is 0 Å². The van der Waals surface area contributed by atoms with Crippen molar-refractivity contribution < 1.29 is 4.39 Å². The minimum atomic E-state index is -0.373. The van der Waals surface area contributed by atoms with E-state index in [0.717, 1.165) is 0 Å². The summed E-state index contributed by atoms with van der Waals surface area (Å²) in [5, 5.41) is 8.84. The van der Waals surface area contributed by atoms with Crippen LogP contribution in [0.5, 0.6) is 0 Å². The standard InChI is InChI=1S/C11H11FN2/c1-14(2)8-9(7-13)10-5-3-4-6-11(10)12/h3-6,8H,1-2H3. The number of rotatable bonds is 2. The van der Waals surface area contributed by atoms with Crippen LogP contribution in [-0.4, -0.2) is 19.0 Å². The molecule has 72 valence electrons. The summed E-state index contributed by atoms with van der Waals surface area (Å²) in [7, 11) is 3.58. The average Bonchev–Trinajstić information content (AvgIpc) is 2.15. The SMILES string of the molecule is CN(C)C=C(C#N)c1ccccc1F. The molecule has 1 aromatic carbocycles. The lowest BCUT2D eigenvalue weighted by atomic mass is 10.1. The highest BCUT2D eigenvalue weighted by molar-refractivity contribution is 5.76. The summed E-state index contributed by atoms with van der Waals surface area (Å²) in [6.45, 7) is 0. The molecule has 0 radical (unpaired) electrons. The molecule has 0 saturated carbocycles. The van der Waals surface area contributed by atoms with Gasteiger partial charge in [0.05, 0.1) is 5.57 Å². The minimum Gasteiger partial charge on any atom is -0.382 e. The Morgan fingerprint density at radius 3 is 2.57 bits per heavy atom. The first-order valence-corrected chi connectivity index (χ1v) is 4.18. The van der Waals surface area contributed by atoms with Crippen molar-refractivity contribution in [1.29, 1.82) is 5.26 Å². The summed E-state index contributed by atoms with van der Waals surface area (Å²) < 4.78 is 13.3. The zero-order valence-electron chi connectivity index (χ0n) is 8.16. The van der Waals surface area contributed by atoms with E-state index >= 15 is 0 Å². The maximum Gasteiger partial charge on any atom is 0.131 e. The van der Waals surface area contributed by atoms with E-state index in [1.165, 1.54) is 6.07 Å². The highest BCUT2D eigenvalue weighted by atomic mass is 19.1. The second-order valence-electron chi connectivity index (χ2n) is 3.10. The van der Waals surface area contributed by atoms with E-state index in [2.05, 4.69) is 0 Å². The Bertz CT molecular complexity index is 389. The molecule has 0 bridgehead atoms. The van der Waals surface area contributed by atoms with Crippen molar-refractivity contribution in [2.24, 2.45) is 0 Å². The number of nitrogens with zero attached hydrogens (tertiary/aromatic N) is 2. The van der Waals surface area contributed by atoms with Gasteiger partial charge in [0.1, 0.15) is 11.9 Å². The van der Waals surface area contributed by atoms with Crippen molar-refractivity contribution in [1.82, 2.24) is 4.90 Å². The molecule has 0 heterocycles. The smallest absolute Gasteiger partial charge is 0.131 e. The number of halogens is 1. The van der Waals surface area contributed by atoms with Crippen LogP contribution < -0.4 is 0 Å². The van der Waals surface area contributed by atoms with E-state index in [1.54, 1.807) is 43.4 Å². The molecule has 0 fully saturated rings. The van der Waals surface area contributed by atoms with Gasteiger partial charge in [0.25, 0.3) is 0 Å². The summed E-state index contributed by atoms with van der Waals surface area (Å²) >= 11 is 0.